The number of ether oxygens (including phenoxy) is 2. The molecule has 4 rings (SSSR count). The first-order valence-corrected chi connectivity index (χ1v) is 14.4. The lowest BCUT2D eigenvalue weighted by molar-refractivity contribution is -0.137. The van der Waals surface area contributed by atoms with Crippen molar-refractivity contribution in [2.45, 2.75) is 39.8 Å². The number of rotatable bonds is 14. The Hall–Kier alpha value is -4.93. The average molecular weight is 607 g/mol. The van der Waals surface area contributed by atoms with Gasteiger partial charge in [-0.3, -0.25) is 0 Å². The third kappa shape index (κ3) is 8.79. The van der Waals surface area contributed by atoms with E-state index < -0.39 is 11.7 Å². The van der Waals surface area contributed by atoms with Crippen LogP contribution < -0.4 is 30.3 Å². The van der Waals surface area contributed by atoms with Crippen LogP contribution >= 0.6 is 0 Å². The highest BCUT2D eigenvalue weighted by atomic mass is 19.4. The maximum Gasteiger partial charge on any atom is 0.418 e. The average Bonchev–Trinajstić information content (AvgIpc) is 3.02. The molecule has 0 unspecified atom stereocenters. The Balaban J connectivity index is 1.41. The van der Waals surface area contributed by atoms with Crippen LogP contribution in [0.25, 0.3) is 0 Å². The van der Waals surface area contributed by atoms with Gasteiger partial charge in [0.2, 0.25) is 5.88 Å². The molecule has 4 aromatic rings. The lowest BCUT2D eigenvalue weighted by Gasteiger charge is -2.28. The largest absolute Gasteiger partial charge is 0.497 e. The number of halogens is 3. The second-order valence-corrected chi connectivity index (χ2v) is 9.89. The van der Waals surface area contributed by atoms with Crippen molar-refractivity contribution >= 4 is 28.6 Å². The van der Waals surface area contributed by atoms with E-state index in [0.717, 1.165) is 30.3 Å². The predicted octanol–water partition coefficient (Wildman–Crippen LogP) is 9.05. The Labute approximate surface area is 255 Å². The van der Waals surface area contributed by atoms with Crippen LogP contribution in [0.3, 0.4) is 0 Å². The monoisotopic (exact) mass is 606 g/mol. The lowest BCUT2D eigenvalue weighted by atomic mass is 10.1. The fraction of sp³-hybridized carbons (Fsp3) is 0.273. The standard InChI is InChI=1S/C33H37F3N6O2/c1-5-18-42(19-6-2)29-17-12-25(20-28(29)33(34,35)36)41-30(7-3)39-23-10-15-27(16-11-23)44-32-21-31(37-22-38-32)40-24-8-13-26(43-4)14-9-24/h7-17,20-22,39,41H,5-6,18-19H2,1-4H3,(H,37,38,40)/b30-7+. The van der Waals surface area contributed by atoms with Gasteiger partial charge in [0.15, 0.2) is 0 Å². The normalized spacial score (nSPS) is 11.6. The summed E-state index contributed by atoms with van der Waals surface area (Å²) in [6.45, 7) is 6.84. The lowest BCUT2D eigenvalue weighted by Crippen LogP contribution is -2.27. The number of nitrogens with zero attached hydrogens (tertiary/aromatic N) is 3. The van der Waals surface area contributed by atoms with E-state index in [1.807, 2.05) is 38.1 Å². The summed E-state index contributed by atoms with van der Waals surface area (Å²) < 4.78 is 53.3. The molecule has 0 amide bonds. The molecular weight excluding hydrogens is 569 g/mol. The van der Waals surface area contributed by atoms with Gasteiger partial charge in [0.25, 0.3) is 0 Å². The topological polar surface area (TPSA) is 83.6 Å². The molecule has 44 heavy (non-hydrogen) atoms. The number of anilines is 5. The Morgan fingerprint density at radius 1 is 0.818 bits per heavy atom. The molecule has 11 heteroatoms. The number of hydrogen-bond donors (Lipinski definition) is 3. The summed E-state index contributed by atoms with van der Waals surface area (Å²) in [6.07, 6.45) is 0.195. The van der Waals surface area contributed by atoms with Crippen molar-refractivity contribution in [1.29, 1.82) is 0 Å². The highest BCUT2D eigenvalue weighted by molar-refractivity contribution is 5.65. The molecule has 0 spiro atoms. The van der Waals surface area contributed by atoms with Crippen LogP contribution in [-0.4, -0.2) is 30.2 Å². The van der Waals surface area contributed by atoms with Crippen LogP contribution in [0.2, 0.25) is 0 Å². The van der Waals surface area contributed by atoms with Crippen LogP contribution in [0, 0.1) is 0 Å². The first kappa shape index (κ1) is 32.0. The first-order valence-electron chi connectivity index (χ1n) is 14.4. The van der Waals surface area contributed by atoms with Gasteiger partial charge in [-0.2, -0.15) is 13.2 Å². The Kier molecular flexibility index (Phi) is 10.9. The van der Waals surface area contributed by atoms with E-state index in [1.54, 1.807) is 67.5 Å². The number of benzene rings is 3. The number of nitrogens with one attached hydrogen (secondary N) is 3. The van der Waals surface area contributed by atoms with Gasteiger partial charge in [0.05, 0.1) is 12.7 Å². The van der Waals surface area contributed by atoms with Crippen molar-refractivity contribution in [2.24, 2.45) is 0 Å². The van der Waals surface area contributed by atoms with Crippen molar-refractivity contribution in [3.05, 3.63) is 96.6 Å². The molecule has 0 atom stereocenters. The van der Waals surface area contributed by atoms with E-state index in [0.29, 0.717) is 47.7 Å². The first-order chi connectivity index (χ1) is 21.2. The van der Waals surface area contributed by atoms with Crippen LogP contribution in [0.1, 0.15) is 39.2 Å². The van der Waals surface area contributed by atoms with Gasteiger partial charge in [-0.15, -0.1) is 0 Å². The minimum absolute atomic E-state index is 0.199. The van der Waals surface area contributed by atoms with Crippen LogP contribution in [0.5, 0.6) is 17.4 Å². The molecule has 0 saturated carbocycles. The Bertz CT molecular complexity index is 1520. The zero-order valence-electron chi connectivity index (χ0n) is 25.2. The van der Waals surface area contributed by atoms with Crippen LogP contribution in [0.15, 0.2) is 91.0 Å². The maximum atomic E-state index is 14.1. The van der Waals surface area contributed by atoms with Gasteiger partial charge in [-0.1, -0.05) is 13.8 Å². The molecule has 3 aromatic carbocycles. The van der Waals surface area contributed by atoms with Crippen molar-refractivity contribution in [1.82, 2.24) is 9.97 Å². The molecule has 1 heterocycles. The fourth-order valence-electron chi connectivity index (χ4n) is 4.51. The second kappa shape index (κ2) is 15.0. The molecule has 0 aliphatic heterocycles. The summed E-state index contributed by atoms with van der Waals surface area (Å²) in [4.78, 5) is 10.2. The smallest absolute Gasteiger partial charge is 0.418 e. The maximum absolute atomic E-state index is 14.1. The summed E-state index contributed by atoms with van der Waals surface area (Å²) in [5, 5.41) is 9.48. The molecule has 0 bridgehead atoms. The highest BCUT2D eigenvalue weighted by Gasteiger charge is 2.35. The summed E-state index contributed by atoms with van der Waals surface area (Å²) in [5.41, 5.74) is 1.42. The molecule has 8 nitrogen and oxygen atoms in total. The van der Waals surface area contributed by atoms with Crippen molar-refractivity contribution < 1.29 is 22.6 Å². The van der Waals surface area contributed by atoms with Gasteiger partial charge in [-0.05, 0) is 92.6 Å². The highest BCUT2D eigenvalue weighted by Crippen LogP contribution is 2.39. The van der Waals surface area contributed by atoms with Gasteiger partial charge >= 0.3 is 6.18 Å². The molecule has 1 aromatic heterocycles. The molecule has 232 valence electrons. The Morgan fingerprint density at radius 2 is 1.43 bits per heavy atom. The van der Waals surface area contributed by atoms with Crippen LogP contribution in [-0.2, 0) is 6.18 Å². The van der Waals surface area contributed by atoms with E-state index in [9.17, 15) is 13.2 Å². The number of aromatic nitrogens is 2. The van der Waals surface area contributed by atoms with Gasteiger partial charge in [0.1, 0.15) is 29.5 Å². The molecule has 3 N–H and O–H groups in total. The summed E-state index contributed by atoms with van der Waals surface area (Å²) in [7, 11) is 1.61. The number of alkyl halides is 3. The molecular formula is C33H37F3N6O2. The van der Waals surface area contributed by atoms with E-state index >= 15 is 0 Å². The fourth-order valence-corrected chi connectivity index (χ4v) is 4.51. The Morgan fingerprint density at radius 3 is 2.05 bits per heavy atom. The van der Waals surface area contributed by atoms with E-state index in [2.05, 4.69) is 25.9 Å². The van der Waals surface area contributed by atoms with Crippen molar-refractivity contribution in [3.63, 3.8) is 0 Å². The third-order valence-electron chi connectivity index (χ3n) is 6.56. The van der Waals surface area contributed by atoms with E-state index in [1.165, 1.54) is 6.33 Å². The van der Waals surface area contributed by atoms with Gasteiger partial charge < -0.3 is 30.3 Å². The zero-order valence-corrected chi connectivity index (χ0v) is 25.2. The zero-order chi connectivity index (χ0) is 31.5. The van der Waals surface area contributed by atoms with Crippen molar-refractivity contribution in [2.75, 3.05) is 41.0 Å². The van der Waals surface area contributed by atoms with Crippen molar-refractivity contribution in [3.8, 4) is 17.4 Å². The number of allylic oxidation sites excluding steroid dienone is 1. The molecule has 0 radical (unpaired) electrons. The summed E-state index contributed by atoms with van der Waals surface area (Å²) in [5.74, 6) is 2.75. The summed E-state index contributed by atoms with van der Waals surface area (Å²) >= 11 is 0. The van der Waals surface area contributed by atoms with Gasteiger partial charge in [0, 0.05) is 41.9 Å². The summed E-state index contributed by atoms with van der Waals surface area (Å²) in [6, 6.07) is 20.6. The molecule has 0 aliphatic rings. The van der Waals surface area contributed by atoms with Crippen LogP contribution in [0.4, 0.5) is 41.7 Å². The van der Waals surface area contributed by atoms with E-state index in [4.69, 9.17) is 9.47 Å². The number of methoxy groups -OCH3 is 1. The molecule has 0 saturated heterocycles. The molecule has 0 fully saturated rings. The second-order valence-electron chi connectivity index (χ2n) is 9.89. The van der Waals surface area contributed by atoms with E-state index in [-0.39, 0.29) is 5.69 Å². The quantitative estimate of drug-likeness (QED) is 0.131. The minimum atomic E-state index is -4.48. The van der Waals surface area contributed by atoms with Gasteiger partial charge in [-0.25, -0.2) is 9.97 Å². The SMILES string of the molecule is C/C=C(\Nc1ccc(Oc2cc(Nc3ccc(OC)cc3)ncn2)cc1)Nc1ccc(N(CCC)CCC)c(C(F)(F)F)c1. The molecule has 0 aliphatic carbocycles. The minimum Gasteiger partial charge on any atom is -0.497 e. The third-order valence-corrected chi connectivity index (χ3v) is 6.56. The predicted molar refractivity (Wildman–Crippen MR) is 170 cm³/mol. The number of hydrogen-bond acceptors (Lipinski definition) is 8.